The van der Waals surface area contributed by atoms with Crippen molar-refractivity contribution in [3.05, 3.63) is 131 Å². The summed E-state index contributed by atoms with van der Waals surface area (Å²) in [7, 11) is 0. The Morgan fingerprint density at radius 2 is 1.09 bits per heavy atom. The van der Waals surface area contributed by atoms with Crippen molar-refractivity contribution in [2.24, 2.45) is 0 Å². The van der Waals surface area contributed by atoms with Gasteiger partial charge in [0.1, 0.15) is 13.1 Å². The molecular formula is C36H28N4O6. The molecule has 0 bridgehead atoms. The lowest BCUT2D eigenvalue weighted by molar-refractivity contribution is -0.119. The van der Waals surface area contributed by atoms with Crippen LogP contribution in [-0.4, -0.2) is 64.4 Å². The molecule has 3 heterocycles. The number of nitrogens with zero attached hydrogens (tertiary/aromatic N) is 4. The molecule has 0 aromatic heterocycles. The van der Waals surface area contributed by atoms with Crippen LogP contribution in [0.5, 0.6) is 0 Å². The maximum Gasteiger partial charge on any atom is 0.262 e. The SMILES string of the molecule is C[C@H]1C[C@@H](N(C(=O)CN2C(=O)c3ccccc3C2=O)c2ccccc2)c2ccccc2N1C(=O)CN1C(=O)c2ccccc2C1=O. The molecule has 2 atom stereocenters. The highest BCUT2D eigenvalue weighted by Crippen LogP contribution is 2.42. The first-order valence-corrected chi connectivity index (χ1v) is 14.9. The number of hydrogen-bond acceptors (Lipinski definition) is 6. The zero-order valence-electron chi connectivity index (χ0n) is 24.8. The summed E-state index contributed by atoms with van der Waals surface area (Å²) in [6.45, 7) is 0.953. The Bertz CT molecular complexity index is 1890. The standard InChI is InChI=1S/C36H28N4O6/c1-22-19-30(40(23-11-3-2-4-12-23)32(42)21-38-35(45)26-15-7-8-16-27(26)36(38)46)28-17-9-10-18-29(28)39(22)31(41)20-37-33(43)24-13-5-6-14-25(24)34(37)44/h2-18,22,30H,19-21H2,1H3/t22-,30+/m0/s1. The van der Waals surface area contributed by atoms with Crippen molar-refractivity contribution in [3.8, 4) is 0 Å². The van der Waals surface area contributed by atoms with E-state index in [1.54, 1.807) is 94.7 Å². The Kier molecular flexibility index (Phi) is 7.04. The Hall–Kier alpha value is -5.90. The first-order valence-electron chi connectivity index (χ1n) is 14.9. The molecule has 4 aromatic rings. The molecule has 0 radical (unpaired) electrons. The van der Waals surface area contributed by atoms with Crippen molar-refractivity contribution in [2.45, 2.75) is 25.4 Å². The lowest BCUT2D eigenvalue weighted by Crippen LogP contribution is -2.52. The molecule has 0 N–H and O–H groups in total. The summed E-state index contributed by atoms with van der Waals surface area (Å²) in [6.07, 6.45) is 0.313. The number of hydrogen-bond donors (Lipinski definition) is 0. The fraction of sp³-hybridized carbons (Fsp3) is 0.167. The van der Waals surface area contributed by atoms with Crippen molar-refractivity contribution in [1.29, 1.82) is 0 Å². The molecule has 4 aromatic carbocycles. The van der Waals surface area contributed by atoms with Gasteiger partial charge in [0.05, 0.1) is 28.3 Å². The van der Waals surface area contributed by atoms with Crippen LogP contribution in [0.1, 0.15) is 66.4 Å². The third-order valence-electron chi connectivity index (χ3n) is 8.79. The second kappa shape index (κ2) is 11.2. The fourth-order valence-electron chi connectivity index (χ4n) is 6.68. The van der Waals surface area contributed by atoms with Crippen molar-refractivity contribution >= 4 is 46.8 Å². The predicted molar refractivity (Wildman–Crippen MR) is 168 cm³/mol. The summed E-state index contributed by atoms with van der Waals surface area (Å²) in [4.78, 5) is 85.5. The number of imide groups is 2. The third-order valence-corrected chi connectivity index (χ3v) is 8.79. The third kappa shape index (κ3) is 4.57. The molecule has 0 unspecified atom stereocenters. The molecular weight excluding hydrogens is 584 g/mol. The molecule has 10 heteroatoms. The van der Waals surface area contributed by atoms with Crippen LogP contribution in [0, 0.1) is 0 Å². The zero-order valence-corrected chi connectivity index (χ0v) is 24.8. The fourth-order valence-corrected chi connectivity index (χ4v) is 6.68. The van der Waals surface area contributed by atoms with Gasteiger partial charge in [-0.25, -0.2) is 0 Å². The van der Waals surface area contributed by atoms with Crippen molar-refractivity contribution in [3.63, 3.8) is 0 Å². The second-order valence-corrected chi connectivity index (χ2v) is 11.5. The molecule has 0 saturated heterocycles. The average Bonchev–Trinajstić information content (AvgIpc) is 3.45. The summed E-state index contributed by atoms with van der Waals surface area (Å²) in [5.74, 6) is -2.97. The van der Waals surface area contributed by atoms with E-state index in [4.69, 9.17) is 0 Å². The molecule has 6 amide bonds. The predicted octanol–water partition coefficient (Wildman–Crippen LogP) is 4.48. The molecule has 228 valence electrons. The number of fused-ring (bicyclic) bond motifs is 3. The molecule has 10 nitrogen and oxygen atoms in total. The Labute approximate surface area is 264 Å². The van der Waals surface area contributed by atoms with Crippen LogP contribution in [-0.2, 0) is 9.59 Å². The normalized spacial score (nSPS) is 18.4. The zero-order chi connectivity index (χ0) is 32.1. The number of rotatable bonds is 6. The topological polar surface area (TPSA) is 115 Å². The van der Waals surface area contributed by atoms with Crippen molar-refractivity contribution in [1.82, 2.24) is 9.80 Å². The Morgan fingerprint density at radius 3 is 1.63 bits per heavy atom. The number of carbonyl (C=O) groups is 6. The first kappa shape index (κ1) is 28.8. The molecule has 7 rings (SSSR count). The summed E-state index contributed by atoms with van der Waals surface area (Å²) in [5.41, 5.74) is 2.84. The Balaban J connectivity index is 1.20. The molecule has 46 heavy (non-hydrogen) atoms. The van der Waals surface area contributed by atoms with E-state index in [0.29, 0.717) is 23.4 Å². The highest BCUT2D eigenvalue weighted by atomic mass is 16.2. The van der Waals surface area contributed by atoms with Crippen LogP contribution in [0.25, 0.3) is 0 Å². The van der Waals surface area contributed by atoms with Gasteiger partial charge in [-0.2, -0.15) is 0 Å². The number of amides is 6. The van der Waals surface area contributed by atoms with Gasteiger partial charge in [0.2, 0.25) is 11.8 Å². The smallest absolute Gasteiger partial charge is 0.262 e. The second-order valence-electron chi connectivity index (χ2n) is 11.5. The first-order chi connectivity index (χ1) is 22.3. The van der Waals surface area contributed by atoms with E-state index in [1.165, 1.54) is 0 Å². The van der Waals surface area contributed by atoms with Gasteiger partial charge in [-0.15, -0.1) is 0 Å². The summed E-state index contributed by atoms with van der Waals surface area (Å²) < 4.78 is 0. The van der Waals surface area contributed by atoms with E-state index >= 15 is 0 Å². The van der Waals surface area contributed by atoms with Gasteiger partial charge in [-0.1, -0.05) is 60.7 Å². The lowest BCUT2D eigenvalue weighted by Gasteiger charge is -2.44. The minimum Gasteiger partial charge on any atom is -0.308 e. The van der Waals surface area contributed by atoms with Crippen LogP contribution in [0.2, 0.25) is 0 Å². The van der Waals surface area contributed by atoms with Crippen LogP contribution >= 0.6 is 0 Å². The minimum absolute atomic E-state index is 0.260. The van der Waals surface area contributed by atoms with Crippen LogP contribution in [0.15, 0.2) is 103 Å². The van der Waals surface area contributed by atoms with E-state index in [-0.39, 0.29) is 22.3 Å². The molecule has 0 aliphatic carbocycles. The van der Waals surface area contributed by atoms with Crippen molar-refractivity contribution in [2.75, 3.05) is 22.9 Å². The molecule has 0 spiro atoms. The van der Waals surface area contributed by atoms with E-state index < -0.39 is 60.6 Å². The van der Waals surface area contributed by atoms with Gasteiger partial charge in [-0.05, 0) is 61.4 Å². The van der Waals surface area contributed by atoms with Gasteiger partial charge in [-0.3, -0.25) is 38.6 Å². The van der Waals surface area contributed by atoms with Crippen LogP contribution in [0.4, 0.5) is 11.4 Å². The highest BCUT2D eigenvalue weighted by molar-refractivity contribution is 6.23. The van der Waals surface area contributed by atoms with Crippen molar-refractivity contribution < 1.29 is 28.8 Å². The summed E-state index contributed by atoms with van der Waals surface area (Å²) >= 11 is 0. The van der Waals surface area contributed by atoms with Crippen LogP contribution < -0.4 is 9.80 Å². The lowest BCUT2D eigenvalue weighted by atomic mass is 9.89. The molecule has 3 aliphatic heterocycles. The van der Waals surface area contributed by atoms with Gasteiger partial charge < -0.3 is 9.80 Å². The highest BCUT2D eigenvalue weighted by Gasteiger charge is 2.43. The quantitative estimate of drug-likeness (QED) is 0.297. The molecule has 3 aliphatic rings. The van der Waals surface area contributed by atoms with Gasteiger partial charge >= 0.3 is 0 Å². The van der Waals surface area contributed by atoms with Gasteiger partial charge in [0.25, 0.3) is 23.6 Å². The number of anilines is 2. The van der Waals surface area contributed by atoms with E-state index in [9.17, 15) is 28.8 Å². The maximum atomic E-state index is 14.2. The number of benzene rings is 4. The largest absolute Gasteiger partial charge is 0.308 e. The monoisotopic (exact) mass is 612 g/mol. The van der Waals surface area contributed by atoms with E-state index in [2.05, 4.69) is 0 Å². The number of carbonyl (C=O) groups excluding carboxylic acids is 6. The number of para-hydroxylation sites is 2. The summed E-state index contributed by atoms with van der Waals surface area (Å²) in [5, 5.41) is 0. The van der Waals surface area contributed by atoms with E-state index in [1.807, 2.05) is 25.1 Å². The van der Waals surface area contributed by atoms with Gasteiger partial charge in [0, 0.05) is 17.4 Å². The van der Waals surface area contributed by atoms with Gasteiger partial charge in [0.15, 0.2) is 0 Å². The molecule has 0 fully saturated rings. The summed E-state index contributed by atoms with van der Waals surface area (Å²) in [6, 6.07) is 28.2. The van der Waals surface area contributed by atoms with E-state index in [0.717, 1.165) is 9.80 Å². The molecule has 0 saturated carbocycles. The Morgan fingerprint density at radius 1 is 0.630 bits per heavy atom. The minimum atomic E-state index is -0.556. The maximum absolute atomic E-state index is 14.2. The average molecular weight is 613 g/mol. The van der Waals surface area contributed by atoms with Crippen LogP contribution in [0.3, 0.4) is 0 Å².